The van der Waals surface area contributed by atoms with Crippen LogP contribution in [-0.2, 0) is 27.2 Å². The van der Waals surface area contributed by atoms with Crippen LogP contribution in [0.1, 0.15) is 66.7 Å². The summed E-state index contributed by atoms with van der Waals surface area (Å²) in [5, 5.41) is 11.0. The number of nitrogens with zero attached hydrogens (tertiary/aromatic N) is 3. The van der Waals surface area contributed by atoms with E-state index in [9.17, 15) is 0 Å². The number of hydroxylamine groups is 1. The lowest BCUT2D eigenvalue weighted by atomic mass is 9.93. The van der Waals surface area contributed by atoms with E-state index < -0.39 is 5.79 Å². The van der Waals surface area contributed by atoms with Gasteiger partial charge in [-0.1, -0.05) is 19.1 Å². The molecule has 3 aliphatic rings. The van der Waals surface area contributed by atoms with Crippen LogP contribution in [0.15, 0.2) is 29.4 Å². The lowest BCUT2D eigenvalue weighted by molar-refractivity contribution is -0.263. The van der Waals surface area contributed by atoms with E-state index in [0.717, 1.165) is 50.0 Å². The second-order valence-electron chi connectivity index (χ2n) is 10.4. The molecular formula is C28H38N6O3. The van der Waals surface area contributed by atoms with Crippen molar-refractivity contribution in [3.63, 3.8) is 0 Å². The van der Waals surface area contributed by atoms with Crippen molar-refractivity contribution in [3.8, 4) is 0 Å². The van der Waals surface area contributed by atoms with Gasteiger partial charge in [0.1, 0.15) is 5.82 Å². The van der Waals surface area contributed by atoms with E-state index in [1.165, 1.54) is 22.9 Å². The fourth-order valence-electron chi connectivity index (χ4n) is 5.25. The van der Waals surface area contributed by atoms with Gasteiger partial charge in [0, 0.05) is 37.6 Å². The number of anilines is 1. The van der Waals surface area contributed by atoms with Gasteiger partial charge in [0.05, 0.1) is 24.8 Å². The highest BCUT2D eigenvalue weighted by molar-refractivity contribution is 5.97. The Kier molecular flexibility index (Phi) is 7.57. The molecule has 4 heterocycles. The third kappa shape index (κ3) is 5.55. The molecule has 1 saturated heterocycles. The number of pyridine rings is 1. The van der Waals surface area contributed by atoms with Crippen LogP contribution in [0, 0.1) is 12.3 Å². The summed E-state index contributed by atoms with van der Waals surface area (Å²) in [5.74, 6) is 0.704. The molecule has 9 nitrogen and oxygen atoms in total. The largest absolute Gasteiger partial charge is 0.386 e. The number of aromatic nitrogens is 1. The van der Waals surface area contributed by atoms with E-state index >= 15 is 0 Å². The van der Waals surface area contributed by atoms with Crippen molar-refractivity contribution in [2.75, 3.05) is 38.2 Å². The summed E-state index contributed by atoms with van der Waals surface area (Å²) in [6.07, 6.45) is 5.74. The quantitative estimate of drug-likeness (QED) is 0.492. The first-order valence-corrected chi connectivity index (χ1v) is 13.3. The second-order valence-corrected chi connectivity index (χ2v) is 10.4. The fourth-order valence-corrected chi connectivity index (χ4v) is 5.25. The molecule has 1 aromatic carbocycles. The molecule has 2 aromatic rings. The number of hydrogen-bond acceptors (Lipinski definition) is 9. The van der Waals surface area contributed by atoms with Crippen molar-refractivity contribution in [2.24, 2.45) is 4.99 Å². The average Bonchev–Trinajstić information content (AvgIpc) is 3.28. The zero-order valence-electron chi connectivity index (χ0n) is 22.3. The van der Waals surface area contributed by atoms with E-state index in [1.54, 1.807) is 6.20 Å². The van der Waals surface area contributed by atoms with Gasteiger partial charge in [-0.15, -0.1) is 5.48 Å². The van der Waals surface area contributed by atoms with Gasteiger partial charge in [-0.2, -0.15) is 0 Å². The number of nitrogens with one attached hydrogen (secondary N) is 3. The molecular weight excluding hydrogens is 468 g/mol. The standard InChI is InChI=1S/C28H38N6O3/c1-5-10-30-25-20(14-29)13-21(15-31-25)27-32-26(33-37-27)24-7-6-19-8-11-34(12-9-23(19)18(24)2)22-16-35-28(3,4)36-17-22/h6-7,13-15,22,26,29,33H,5,8-12,16-17H2,1-4H3,(H,30,31). The minimum atomic E-state index is -0.488. The lowest BCUT2D eigenvalue weighted by Gasteiger charge is -2.39. The first-order chi connectivity index (χ1) is 17.9. The molecule has 1 fully saturated rings. The van der Waals surface area contributed by atoms with Gasteiger partial charge >= 0.3 is 0 Å². The summed E-state index contributed by atoms with van der Waals surface area (Å²) in [4.78, 5) is 17.6. The Labute approximate surface area is 219 Å². The number of fused-ring (bicyclic) bond motifs is 1. The van der Waals surface area contributed by atoms with E-state index in [4.69, 9.17) is 24.7 Å². The first-order valence-electron chi connectivity index (χ1n) is 13.3. The molecule has 0 spiro atoms. The maximum atomic E-state index is 7.77. The molecule has 37 heavy (non-hydrogen) atoms. The normalized spacial score (nSPS) is 22.1. The van der Waals surface area contributed by atoms with Crippen molar-refractivity contribution >= 4 is 17.9 Å². The predicted octanol–water partition coefficient (Wildman–Crippen LogP) is 3.74. The van der Waals surface area contributed by atoms with Gasteiger partial charge in [0.15, 0.2) is 12.0 Å². The molecule has 1 unspecified atom stereocenters. The number of aliphatic imine (C=N–C) groups is 1. The summed E-state index contributed by atoms with van der Waals surface area (Å²) < 4.78 is 11.8. The maximum Gasteiger partial charge on any atom is 0.244 e. The molecule has 3 aliphatic heterocycles. The van der Waals surface area contributed by atoms with Crippen molar-refractivity contribution in [2.45, 2.75) is 65.0 Å². The molecule has 0 amide bonds. The van der Waals surface area contributed by atoms with Crippen LogP contribution in [0.5, 0.6) is 0 Å². The van der Waals surface area contributed by atoms with Gasteiger partial charge < -0.3 is 25.0 Å². The van der Waals surface area contributed by atoms with Crippen LogP contribution >= 0.6 is 0 Å². The fraction of sp³-hybridized carbons (Fsp3) is 0.536. The SMILES string of the molecule is CCCNc1ncc(C2=NC(c3ccc4c(c3C)CCN(C3COC(C)(C)OC3)CC4)NO2)cc1C=N. The minimum absolute atomic E-state index is 0.289. The third-order valence-electron chi connectivity index (χ3n) is 7.49. The Bertz CT molecular complexity index is 1170. The number of benzene rings is 1. The molecule has 5 rings (SSSR count). The van der Waals surface area contributed by atoms with Gasteiger partial charge in [-0.3, -0.25) is 4.90 Å². The van der Waals surface area contributed by atoms with Gasteiger partial charge in [-0.25, -0.2) is 9.98 Å². The second kappa shape index (κ2) is 10.9. The predicted molar refractivity (Wildman–Crippen MR) is 144 cm³/mol. The van der Waals surface area contributed by atoms with Crippen molar-refractivity contribution in [1.82, 2.24) is 15.4 Å². The Hall–Kier alpha value is -2.85. The van der Waals surface area contributed by atoms with Crippen molar-refractivity contribution < 1.29 is 14.3 Å². The zero-order chi connectivity index (χ0) is 26.0. The summed E-state index contributed by atoms with van der Waals surface area (Å²) in [5.41, 5.74) is 9.74. The minimum Gasteiger partial charge on any atom is -0.386 e. The summed E-state index contributed by atoms with van der Waals surface area (Å²) in [6.45, 7) is 12.4. The highest BCUT2D eigenvalue weighted by Crippen LogP contribution is 2.31. The third-order valence-corrected chi connectivity index (χ3v) is 7.49. The molecule has 0 aliphatic carbocycles. The van der Waals surface area contributed by atoms with E-state index in [0.29, 0.717) is 36.5 Å². The highest BCUT2D eigenvalue weighted by Gasteiger charge is 2.33. The molecule has 0 bridgehead atoms. The van der Waals surface area contributed by atoms with E-state index in [-0.39, 0.29) is 6.17 Å². The van der Waals surface area contributed by atoms with Gasteiger partial charge in [0.2, 0.25) is 5.90 Å². The molecule has 9 heteroatoms. The lowest BCUT2D eigenvalue weighted by Crippen LogP contribution is -2.51. The molecule has 1 aromatic heterocycles. The highest BCUT2D eigenvalue weighted by atomic mass is 16.7. The van der Waals surface area contributed by atoms with Gasteiger partial charge in [0.25, 0.3) is 0 Å². The Morgan fingerprint density at radius 1 is 1.22 bits per heavy atom. The summed E-state index contributed by atoms with van der Waals surface area (Å²) >= 11 is 0. The van der Waals surface area contributed by atoms with Crippen LogP contribution in [0.4, 0.5) is 5.82 Å². The number of rotatable bonds is 7. The molecule has 0 saturated carbocycles. The van der Waals surface area contributed by atoms with Crippen LogP contribution < -0.4 is 10.8 Å². The maximum absolute atomic E-state index is 7.77. The summed E-state index contributed by atoms with van der Waals surface area (Å²) in [6, 6.07) is 6.60. The Morgan fingerprint density at radius 3 is 2.76 bits per heavy atom. The van der Waals surface area contributed by atoms with Gasteiger partial charge in [-0.05, 0) is 68.4 Å². The number of hydrogen-bond donors (Lipinski definition) is 3. The molecule has 198 valence electrons. The van der Waals surface area contributed by atoms with Crippen molar-refractivity contribution in [3.05, 3.63) is 57.8 Å². The van der Waals surface area contributed by atoms with E-state index in [2.05, 4.69) is 46.7 Å². The monoisotopic (exact) mass is 506 g/mol. The van der Waals surface area contributed by atoms with Crippen LogP contribution in [0.25, 0.3) is 0 Å². The van der Waals surface area contributed by atoms with Crippen molar-refractivity contribution in [1.29, 1.82) is 5.41 Å². The Morgan fingerprint density at radius 2 is 2.00 bits per heavy atom. The van der Waals surface area contributed by atoms with E-state index in [1.807, 2.05) is 19.9 Å². The molecule has 1 atom stereocenters. The smallest absolute Gasteiger partial charge is 0.244 e. The Balaban J connectivity index is 1.31. The molecule has 3 N–H and O–H groups in total. The topological polar surface area (TPSA) is 104 Å². The zero-order valence-corrected chi connectivity index (χ0v) is 22.3. The van der Waals surface area contributed by atoms with Crippen LogP contribution in [0.2, 0.25) is 0 Å². The number of ether oxygens (including phenoxy) is 2. The van der Waals surface area contributed by atoms with Crippen LogP contribution in [-0.4, -0.2) is 66.7 Å². The average molecular weight is 507 g/mol. The van der Waals surface area contributed by atoms with Crippen LogP contribution in [0.3, 0.4) is 0 Å². The summed E-state index contributed by atoms with van der Waals surface area (Å²) in [7, 11) is 0. The first kappa shape index (κ1) is 25.8. The molecule has 0 radical (unpaired) electrons.